The van der Waals surface area contributed by atoms with E-state index in [0.29, 0.717) is 5.56 Å². The van der Waals surface area contributed by atoms with Crippen LogP contribution >= 0.6 is 0 Å². The maximum Gasteiger partial charge on any atom is 0.200 e. The number of hydrogen-bond donors (Lipinski definition) is 0. The van der Waals surface area contributed by atoms with Gasteiger partial charge < -0.3 is 4.74 Å². The number of fused-ring (bicyclic) bond motifs is 1. The number of benzene rings is 1. The standard InChI is InChI=1S/C33H50F2O/c1-3-5-7-8-9-10-24-11-12-29-23-28(18-17-27(29)22-24)25-13-15-26(16-14-25)30-19-20-31(33(35)32(30)34)36-21-6-4-2/h4,6,19-20,24-29H,3,5,7-18,21-23H2,1-2H3/b6-4+. The molecule has 4 unspecified atom stereocenters. The van der Waals surface area contributed by atoms with Gasteiger partial charge >= 0.3 is 0 Å². The highest BCUT2D eigenvalue weighted by Gasteiger charge is 2.39. The highest BCUT2D eigenvalue weighted by Crippen LogP contribution is 2.50. The van der Waals surface area contributed by atoms with Crippen LogP contribution in [0.15, 0.2) is 24.3 Å². The molecule has 3 fully saturated rings. The van der Waals surface area contributed by atoms with Gasteiger partial charge in [-0.25, -0.2) is 4.39 Å². The van der Waals surface area contributed by atoms with Gasteiger partial charge in [0.25, 0.3) is 0 Å². The molecule has 0 aromatic heterocycles. The first-order chi connectivity index (χ1) is 17.6. The lowest BCUT2D eigenvalue weighted by atomic mass is 9.60. The van der Waals surface area contributed by atoms with Gasteiger partial charge in [-0.1, -0.05) is 70.1 Å². The summed E-state index contributed by atoms with van der Waals surface area (Å²) in [5.74, 6) is 3.23. The summed E-state index contributed by atoms with van der Waals surface area (Å²) >= 11 is 0. The van der Waals surface area contributed by atoms with E-state index in [-0.39, 0.29) is 18.3 Å². The number of ether oxygens (including phenoxy) is 1. The summed E-state index contributed by atoms with van der Waals surface area (Å²) in [6.07, 6.45) is 25.2. The number of rotatable bonds is 11. The molecular formula is C33H50F2O. The number of allylic oxidation sites excluding steroid dienone is 1. The Morgan fingerprint density at radius 2 is 1.44 bits per heavy atom. The molecule has 3 aliphatic rings. The lowest BCUT2D eigenvalue weighted by Gasteiger charge is -2.45. The molecule has 1 nitrogen and oxygen atoms in total. The Kier molecular flexibility index (Phi) is 10.7. The van der Waals surface area contributed by atoms with Gasteiger partial charge in [0.05, 0.1) is 0 Å². The molecule has 3 saturated carbocycles. The van der Waals surface area contributed by atoms with E-state index in [0.717, 1.165) is 42.4 Å². The van der Waals surface area contributed by atoms with Crippen molar-refractivity contribution >= 4 is 0 Å². The Balaban J connectivity index is 1.22. The van der Waals surface area contributed by atoms with Gasteiger partial charge in [-0.05, 0) is 112 Å². The van der Waals surface area contributed by atoms with Crippen molar-refractivity contribution in [3.8, 4) is 5.75 Å². The molecule has 0 bridgehead atoms. The van der Waals surface area contributed by atoms with Crippen molar-refractivity contribution in [2.45, 2.75) is 122 Å². The maximum atomic E-state index is 14.9. The number of unbranched alkanes of at least 4 members (excludes halogenated alkanes) is 4. The molecule has 0 spiro atoms. The maximum absolute atomic E-state index is 14.9. The first kappa shape index (κ1) is 27.6. The molecule has 0 saturated heterocycles. The van der Waals surface area contributed by atoms with Crippen molar-refractivity contribution in [1.29, 1.82) is 0 Å². The van der Waals surface area contributed by atoms with Crippen molar-refractivity contribution in [1.82, 2.24) is 0 Å². The second-order valence-corrected chi connectivity index (χ2v) is 12.2. The summed E-state index contributed by atoms with van der Waals surface area (Å²) in [7, 11) is 0. The zero-order valence-electron chi connectivity index (χ0n) is 23.0. The Bertz CT molecular complexity index is 825. The molecule has 4 atom stereocenters. The van der Waals surface area contributed by atoms with Crippen molar-refractivity contribution < 1.29 is 13.5 Å². The van der Waals surface area contributed by atoms with Crippen LogP contribution in [0.1, 0.15) is 128 Å². The summed E-state index contributed by atoms with van der Waals surface area (Å²) < 4.78 is 34.9. The molecule has 0 heterocycles. The summed E-state index contributed by atoms with van der Waals surface area (Å²) in [5, 5.41) is 0. The Morgan fingerprint density at radius 3 is 2.19 bits per heavy atom. The largest absolute Gasteiger partial charge is 0.486 e. The fourth-order valence-electron chi connectivity index (χ4n) is 7.86. The summed E-state index contributed by atoms with van der Waals surface area (Å²) in [4.78, 5) is 0. The lowest BCUT2D eigenvalue weighted by Crippen LogP contribution is -2.34. The van der Waals surface area contributed by atoms with Crippen LogP contribution < -0.4 is 4.74 Å². The molecule has 0 radical (unpaired) electrons. The Morgan fingerprint density at radius 1 is 0.778 bits per heavy atom. The third-order valence-electron chi connectivity index (χ3n) is 10.0. The quantitative estimate of drug-likeness (QED) is 0.217. The van der Waals surface area contributed by atoms with Crippen LogP contribution in [-0.4, -0.2) is 6.61 Å². The topological polar surface area (TPSA) is 9.23 Å². The first-order valence-corrected chi connectivity index (χ1v) is 15.3. The van der Waals surface area contributed by atoms with Crippen LogP contribution in [0.2, 0.25) is 0 Å². The molecule has 202 valence electrons. The van der Waals surface area contributed by atoms with Gasteiger partial charge in [0.1, 0.15) is 6.61 Å². The third kappa shape index (κ3) is 7.13. The molecule has 0 N–H and O–H groups in total. The minimum absolute atomic E-state index is 0.0195. The molecule has 1 aromatic rings. The van der Waals surface area contributed by atoms with Gasteiger partial charge in [-0.15, -0.1) is 0 Å². The molecular weight excluding hydrogens is 450 g/mol. The van der Waals surface area contributed by atoms with E-state index in [9.17, 15) is 8.78 Å². The average Bonchev–Trinajstić information content (AvgIpc) is 2.91. The van der Waals surface area contributed by atoms with Gasteiger partial charge in [-0.2, -0.15) is 4.39 Å². The van der Waals surface area contributed by atoms with E-state index >= 15 is 0 Å². The van der Waals surface area contributed by atoms with E-state index in [1.54, 1.807) is 18.2 Å². The fraction of sp³-hybridized carbons (Fsp3) is 0.758. The Hall–Kier alpha value is -1.38. The predicted molar refractivity (Wildman–Crippen MR) is 146 cm³/mol. The average molecular weight is 501 g/mol. The number of halogens is 2. The minimum atomic E-state index is -0.825. The SMILES string of the molecule is C/C=C/COc1ccc(C2CCC(C3CCC4CC(CCCCCCC)CCC4C3)CC2)c(F)c1F. The van der Waals surface area contributed by atoms with Crippen molar-refractivity contribution in [3.05, 3.63) is 41.5 Å². The van der Waals surface area contributed by atoms with Crippen molar-refractivity contribution in [2.75, 3.05) is 6.61 Å². The van der Waals surface area contributed by atoms with E-state index in [2.05, 4.69) is 6.92 Å². The lowest BCUT2D eigenvalue weighted by molar-refractivity contribution is 0.0612. The predicted octanol–water partition coefficient (Wildman–Crippen LogP) is 10.4. The van der Waals surface area contributed by atoms with E-state index < -0.39 is 11.6 Å². The minimum Gasteiger partial charge on any atom is -0.486 e. The van der Waals surface area contributed by atoms with E-state index in [4.69, 9.17) is 4.74 Å². The zero-order chi connectivity index (χ0) is 25.3. The first-order valence-electron chi connectivity index (χ1n) is 15.3. The normalized spacial score (nSPS) is 30.9. The second-order valence-electron chi connectivity index (χ2n) is 12.2. The molecule has 36 heavy (non-hydrogen) atoms. The summed E-state index contributed by atoms with van der Waals surface area (Å²) in [6, 6.07) is 3.38. The van der Waals surface area contributed by atoms with Crippen LogP contribution in [0.5, 0.6) is 5.75 Å². The Labute approximate surface area is 219 Å². The van der Waals surface area contributed by atoms with Gasteiger partial charge in [0, 0.05) is 0 Å². The van der Waals surface area contributed by atoms with Crippen molar-refractivity contribution in [2.24, 2.45) is 29.6 Å². The van der Waals surface area contributed by atoms with Gasteiger partial charge in [-0.3, -0.25) is 0 Å². The van der Waals surface area contributed by atoms with E-state index in [1.807, 2.05) is 13.0 Å². The highest BCUT2D eigenvalue weighted by atomic mass is 19.2. The van der Waals surface area contributed by atoms with Crippen LogP contribution in [0.4, 0.5) is 8.78 Å². The molecule has 3 heteroatoms. The second kappa shape index (κ2) is 14.0. The molecule has 1 aromatic carbocycles. The van der Waals surface area contributed by atoms with Crippen LogP contribution in [0.3, 0.4) is 0 Å². The van der Waals surface area contributed by atoms with Gasteiger partial charge in [0.2, 0.25) is 5.82 Å². The van der Waals surface area contributed by atoms with Gasteiger partial charge in [0.15, 0.2) is 11.6 Å². The highest BCUT2D eigenvalue weighted by molar-refractivity contribution is 5.33. The fourth-order valence-corrected chi connectivity index (χ4v) is 7.86. The summed E-state index contributed by atoms with van der Waals surface area (Å²) in [5.41, 5.74) is 0.557. The zero-order valence-corrected chi connectivity index (χ0v) is 23.0. The number of hydrogen-bond acceptors (Lipinski definition) is 1. The molecule has 4 rings (SSSR count). The third-order valence-corrected chi connectivity index (χ3v) is 10.0. The summed E-state index contributed by atoms with van der Waals surface area (Å²) in [6.45, 7) is 4.44. The van der Waals surface area contributed by atoms with E-state index in [1.165, 1.54) is 89.9 Å². The molecule has 3 aliphatic carbocycles. The van der Waals surface area contributed by atoms with Crippen LogP contribution in [0, 0.1) is 41.2 Å². The van der Waals surface area contributed by atoms with Crippen LogP contribution in [0.25, 0.3) is 0 Å². The monoisotopic (exact) mass is 500 g/mol. The van der Waals surface area contributed by atoms with Crippen LogP contribution in [-0.2, 0) is 0 Å². The molecule has 0 aliphatic heterocycles. The molecule has 0 amide bonds. The van der Waals surface area contributed by atoms with Crippen molar-refractivity contribution in [3.63, 3.8) is 0 Å². The smallest absolute Gasteiger partial charge is 0.200 e.